The first-order valence-corrected chi connectivity index (χ1v) is 8.08. The van der Waals surface area contributed by atoms with E-state index in [1.165, 1.54) is 28.8 Å². The molecule has 0 bridgehead atoms. The molecular formula is C18H21N3. The zero-order valence-electron chi connectivity index (χ0n) is 12.5. The molecule has 21 heavy (non-hydrogen) atoms. The van der Waals surface area contributed by atoms with Crippen LogP contribution in [-0.2, 0) is 19.3 Å². The molecule has 2 aliphatic carbocycles. The molecule has 4 rings (SSSR count). The summed E-state index contributed by atoms with van der Waals surface area (Å²) in [6.07, 6.45) is 5.67. The fourth-order valence-electron chi connectivity index (χ4n) is 3.49. The molecule has 1 aromatic heterocycles. The third kappa shape index (κ3) is 2.11. The lowest BCUT2D eigenvalue weighted by Gasteiger charge is -2.29. The minimum absolute atomic E-state index is 0.397. The van der Waals surface area contributed by atoms with E-state index in [2.05, 4.69) is 36.5 Å². The number of hydrogen-bond acceptors (Lipinski definition) is 3. The van der Waals surface area contributed by atoms with E-state index in [0.29, 0.717) is 5.92 Å². The highest BCUT2D eigenvalue weighted by molar-refractivity contribution is 5.51. The Labute approximate surface area is 125 Å². The molecule has 1 N–H and O–H groups in total. The number of aryl methyl sites for hydroxylation is 1. The van der Waals surface area contributed by atoms with Crippen LogP contribution in [0, 0.1) is 0 Å². The summed E-state index contributed by atoms with van der Waals surface area (Å²) in [5.41, 5.74) is 5.51. The molecule has 1 unspecified atom stereocenters. The second-order valence-electron chi connectivity index (χ2n) is 6.09. The van der Waals surface area contributed by atoms with Gasteiger partial charge in [-0.1, -0.05) is 31.2 Å². The molecule has 1 aromatic carbocycles. The second-order valence-corrected chi connectivity index (χ2v) is 6.09. The molecule has 2 aromatic rings. The lowest BCUT2D eigenvalue weighted by Crippen LogP contribution is -2.22. The number of hydrogen-bond donors (Lipinski definition) is 1. The maximum atomic E-state index is 4.89. The van der Waals surface area contributed by atoms with Gasteiger partial charge in [-0.25, -0.2) is 9.97 Å². The molecule has 0 saturated carbocycles. The van der Waals surface area contributed by atoms with Crippen LogP contribution in [0.3, 0.4) is 0 Å². The lowest BCUT2D eigenvalue weighted by atomic mass is 9.77. The van der Waals surface area contributed by atoms with E-state index in [1.807, 2.05) is 0 Å². The van der Waals surface area contributed by atoms with Crippen LogP contribution in [0.4, 0.5) is 5.82 Å². The van der Waals surface area contributed by atoms with Crippen molar-refractivity contribution >= 4 is 5.82 Å². The number of anilines is 1. The van der Waals surface area contributed by atoms with Crippen LogP contribution >= 0.6 is 0 Å². The maximum absolute atomic E-state index is 4.89. The fraction of sp³-hybridized carbons (Fsp3) is 0.444. The Morgan fingerprint density at radius 1 is 1.19 bits per heavy atom. The summed E-state index contributed by atoms with van der Waals surface area (Å²) in [6.45, 7) is 3.18. The fourth-order valence-corrected chi connectivity index (χ4v) is 3.49. The Morgan fingerprint density at radius 2 is 2.10 bits per heavy atom. The van der Waals surface area contributed by atoms with Crippen molar-refractivity contribution in [3.8, 4) is 0 Å². The van der Waals surface area contributed by atoms with Gasteiger partial charge in [0, 0.05) is 23.7 Å². The van der Waals surface area contributed by atoms with Gasteiger partial charge >= 0.3 is 0 Å². The summed E-state index contributed by atoms with van der Waals surface area (Å²) in [6, 6.07) is 8.68. The van der Waals surface area contributed by atoms with Crippen molar-refractivity contribution in [1.29, 1.82) is 0 Å². The van der Waals surface area contributed by atoms with Gasteiger partial charge in [-0.2, -0.15) is 0 Å². The third-order valence-electron chi connectivity index (χ3n) is 4.66. The van der Waals surface area contributed by atoms with Crippen LogP contribution in [0.25, 0.3) is 0 Å². The van der Waals surface area contributed by atoms with Crippen LogP contribution in [0.1, 0.15) is 53.9 Å². The molecule has 3 nitrogen and oxygen atoms in total. The van der Waals surface area contributed by atoms with Crippen molar-refractivity contribution in [3.63, 3.8) is 0 Å². The number of fused-ring (bicyclic) bond motifs is 2. The molecule has 0 amide bonds. The minimum atomic E-state index is 0.397. The van der Waals surface area contributed by atoms with Gasteiger partial charge in [0.05, 0.1) is 0 Å². The lowest BCUT2D eigenvalue weighted by molar-refractivity contribution is 0.655. The zero-order valence-corrected chi connectivity index (χ0v) is 12.5. The summed E-state index contributed by atoms with van der Waals surface area (Å²) in [4.78, 5) is 9.77. The van der Waals surface area contributed by atoms with E-state index in [1.54, 1.807) is 0 Å². The third-order valence-corrected chi connectivity index (χ3v) is 4.66. The first-order valence-electron chi connectivity index (χ1n) is 8.08. The molecule has 0 fully saturated rings. The molecule has 1 heterocycles. The van der Waals surface area contributed by atoms with Gasteiger partial charge in [0.25, 0.3) is 0 Å². The van der Waals surface area contributed by atoms with Gasteiger partial charge in [-0.15, -0.1) is 0 Å². The smallest absolute Gasteiger partial charge is 0.138 e. The molecule has 0 radical (unpaired) electrons. The number of aromatic nitrogens is 2. The summed E-state index contributed by atoms with van der Waals surface area (Å²) in [7, 11) is 0. The Morgan fingerprint density at radius 3 is 2.95 bits per heavy atom. The monoisotopic (exact) mass is 279 g/mol. The molecule has 108 valence electrons. The zero-order chi connectivity index (χ0) is 14.2. The highest BCUT2D eigenvalue weighted by Gasteiger charge is 2.31. The highest BCUT2D eigenvalue weighted by atomic mass is 15.0. The Bertz CT molecular complexity index is 678. The summed E-state index contributed by atoms with van der Waals surface area (Å²) in [5, 5.41) is 3.51. The molecule has 3 heteroatoms. The van der Waals surface area contributed by atoms with E-state index >= 15 is 0 Å². The topological polar surface area (TPSA) is 37.8 Å². The van der Waals surface area contributed by atoms with Gasteiger partial charge in [-0.05, 0) is 43.2 Å². The molecule has 0 aliphatic heterocycles. The first kappa shape index (κ1) is 12.8. The predicted molar refractivity (Wildman–Crippen MR) is 84.8 cm³/mol. The van der Waals surface area contributed by atoms with E-state index < -0.39 is 0 Å². The van der Waals surface area contributed by atoms with Crippen molar-refractivity contribution in [2.24, 2.45) is 0 Å². The summed E-state index contributed by atoms with van der Waals surface area (Å²) in [5.74, 6) is 2.51. The van der Waals surface area contributed by atoms with Gasteiger partial charge in [0.1, 0.15) is 11.6 Å². The molecule has 0 saturated heterocycles. The van der Waals surface area contributed by atoms with Crippen molar-refractivity contribution in [3.05, 3.63) is 52.5 Å². The average molecular weight is 279 g/mol. The number of rotatable bonds is 4. The Hall–Kier alpha value is -1.90. The quantitative estimate of drug-likeness (QED) is 0.931. The van der Waals surface area contributed by atoms with E-state index in [9.17, 15) is 0 Å². The summed E-state index contributed by atoms with van der Waals surface area (Å²) < 4.78 is 0. The number of nitrogens with one attached hydrogen (secondary N) is 1. The van der Waals surface area contributed by atoms with Crippen LogP contribution in [0.15, 0.2) is 24.3 Å². The largest absolute Gasteiger partial charge is 0.370 e. The van der Waals surface area contributed by atoms with E-state index in [4.69, 9.17) is 9.97 Å². The van der Waals surface area contributed by atoms with Crippen LogP contribution < -0.4 is 5.32 Å². The van der Waals surface area contributed by atoms with E-state index in [0.717, 1.165) is 43.9 Å². The van der Waals surface area contributed by atoms with Crippen LogP contribution in [-0.4, -0.2) is 16.5 Å². The summed E-state index contributed by atoms with van der Waals surface area (Å²) >= 11 is 0. The van der Waals surface area contributed by atoms with E-state index in [-0.39, 0.29) is 0 Å². The van der Waals surface area contributed by atoms with Crippen molar-refractivity contribution < 1.29 is 0 Å². The predicted octanol–water partition coefficient (Wildman–Crippen LogP) is 3.48. The van der Waals surface area contributed by atoms with Gasteiger partial charge in [-0.3, -0.25) is 0 Å². The van der Waals surface area contributed by atoms with Gasteiger partial charge < -0.3 is 5.32 Å². The van der Waals surface area contributed by atoms with Crippen LogP contribution in [0.5, 0.6) is 0 Å². The first-order chi connectivity index (χ1) is 10.4. The number of nitrogens with zero attached hydrogens (tertiary/aromatic N) is 2. The normalized spacial score (nSPS) is 18.8. The molecule has 0 spiro atoms. The standard InChI is InChI=1S/C18H21N3/c1-2-10-19-17-14-8-5-9-16(14)20-18(21-17)15-11-12-6-3-4-7-13(12)15/h3-4,6-7,15H,2,5,8-11H2,1H3,(H,19,20,21). The van der Waals surface area contributed by atoms with Crippen molar-refractivity contribution in [2.75, 3.05) is 11.9 Å². The number of benzene rings is 1. The molecule has 1 atom stereocenters. The van der Waals surface area contributed by atoms with Crippen molar-refractivity contribution in [2.45, 2.75) is 44.9 Å². The van der Waals surface area contributed by atoms with Gasteiger partial charge in [0.15, 0.2) is 0 Å². The highest BCUT2D eigenvalue weighted by Crippen LogP contribution is 2.39. The molecule has 2 aliphatic rings. The second kappa shape index (κ2) is 5.14. The van der Waals surface area contributed by atoms with Crippen LogP contribution in [0.2, 0.25) is 0 Å². The van der Waals surface area contributed by atoms with Crippen molar-refractivity contribution in [1.82, 2.24) is 9.97 Å². The Kier molecular flexibility index (Phi) is 3.13. The average Bonchev–Trinajstić information content (AvgIpc) is 2.94. The molecular weight excluding hydrogens is 258 g/mol. The minimum Gasteiger partial charge on any atom is -0.370 e. The van der Waals surface area contributed by atoms with Gasteiger partial charge in [0.2, 0.25) is 0 Å². The Balaban J connectivity index is 1.71. The maximum Gasteiger partial charge on any atom is 0.138 e. The SMILES string of the molecule is CCCNc1nc(C2Cc3ccccc32)nc2c1CCC2.